The quantitative estimate of drug-likeness (QED) is 0.566. The summed E-state index contributed by atoms with van der Waals surface area (Å²) in [6.45, 7) is 4.41. The van der Waals surface area contributed by atoms with E-state index in [0.29, 0.717) is 19.0 Å². The molecule has 0 heterocycles. The lowest BCUT2D eigenvalue weighted by Gasteiger charge is -2.17. The number of carbonyl (C=O) groups excluding carboxylic acids is 1. The summed E-state index contributed by atoms with van der Waals surface area (Å²) in [5.41, 5.74) is -0.820. The molecule has 14 heavy (non-hydrogen) atoms. The van der Waals surface area contributed by atoms with Crippen molar-refractivity contribution >= 4 is 5.91 Å². The lowest BCUT2D eigenvalue weighted by Crippen LogP contribution is -2.39. The number of rotatable bonds is 6. The third-order valence-corrected chi connectivity index (χ3v) is 2.08. The van der Waals surface area contributed by atoms with E-state index in [2.05, 4.69) is 10.6 Å². The van der Waals surface area contributed by atoms with Crippen LogP contribution in [-0.2, 0) is 4.79 Å². The Morgan fingerprint density at radius 3 is 2.64 bits per heavy atom. The van der Waals surface area contributed by atoms with Gasteiger partial charge in [0.25, 0.3) is 0 Å². The van der Waals surface area contributed by atoms with Crippen LogP contribution in [0.25, 0.3) is 0 Å². The van der Waals surface area contributed by atoms with E-state index in [1.54, 1.807) is 13.8 Å². The van der Waals surface area contributed by atoms with Gasteiger partial charge in [-0.2, -0.15) is 0 Å². The first-order chi connectivity index (χ1) is 6.47. The summed E-state index contributed by atoms with van der Waals surface area (Å²) in [6.07, 6.45) is 2.98. The number of carbonyl (C=O) groups is 1. The monoisotopic (exact) mass is 200 g/mol. The minimum atomic E-state index is -0.820. The van der Waals surface area contributed by atoms with Crippen molar-refractivity contribution in [2.24, 2.45) is 0 Å². The van der Waals surface area contributed by atoms with Crippen molar-refractivity contribution in [2.75, 3.05) is 13.1 Å². The maximum atomic E-state index is 11.2. The van der Waals surface area contributed by atoms with Crippen LogP contribution in [-0.4, -0.2) is 35.7 Å². The largest absolute Gasteiger partial charge is 0.389 e. The third kappa shape index (κ3) is 5.94. The van der Waals surface area contributed by atoms with Gasteiger partial charge in [-0.05, 0) is 26.7 Å². The molecule has 0 aliphatic heterocycles. The first-order valence-corrected chi connectivity index (χ1v) is 5.20. The molecule has 0 saturated heterocycles. The normalized spacial score (nSPS) is 16.8. The van der Waals surface area contributed by atoms with Crippen LogP contribution < -0.4 is 10.6 Å². The van der Waals surface area contributed by atoms with Crippen LogP contribution >= 0.6 is 0 Å². The molecule has 0 spiro atoms. The summed E-state index contributed by atoms with van der Waals surface area (Å²) in [5, 5.41) is 15.3. The van der Waals surface area contributed by atoms with Gasteiger partial charge in [0.1, 0.15) is 0 Å². The Balaban J connectivity index is 1.97. The second kappa shape index (κ2) is 4.75. The maximum Gasteiger partial charge on any atom is 0.221 e. The molecule has 0 aromatic heterocycles. The number of amides is 1. The van der Waals surface area contributed by atoms with Crippen LogP contribution in [0, 0.1) is 0 Å². The molecule has 1 rings (SSSR count). The van der Waals surface area contributed by atoms with Gasteiger partial charge in [-0.3, -0.25) is 4.79 Å². The molecule has 1 aliphatic carbocycles. The molecule has 1 fully saturated rings. The van der Waals surface area contributed by atoms with E-state index in [1.165, 1.54) is 12.8 Å². The van der Waals surface area contributed by atoms with Gasteiger partial charge in [0.15, 0.2) is 0 Å². The van der Waals surface area contributed by atoms with Crippen molar-refractivity contribution in [3.05, 3.63) is 0 Å². The molecule has 0 radical (unpaired) electrons. The Morgan fingerprint density at radius 2 is 2.14 bits per heavy atom. The van der Waals surface area contributed by atoms with Crippen LogP contribution in [0.2, 0.25) is 0 Å². The van der Waals surface area contributed by atoms with Gasteiger partial charge in [0, 0.05) is 25.6 Å². The lowest BCUT2D eigenvalue weighted by molar-refractivity contribution is -0.122. The van der Waals surface area contributed by atoms with Gasteiger partial charge < -0.3 is 15.7 Å². The highest BCUT2D eigenvalue weighted by Crippen LogP contribution is 2.18. The first kappa shape index (κ1) is 11.5. The van der Waals surface area contributed by atoms with E-state index >= 15 is 0 Å². The van der Waals surface area contributed by atoms with Crippen LogP contribution in [0.15, 0.2) is 0 Å². The number of hydrogen-bond donors (Lipinski definition) is 3. The molecule has 0 atom stereocenters. The maximum absolute atomic E-state index is 11.2. The molecule has 1 aliphatic rings. The van der Waals surface area contributed by atoms with Crippen molar-refractivity contribution in [1.82, 2.24) is 10.6 Å². The predicted octanol–water partition coefficient (Wildman–Crippen LogP) is 0.0156. The highest BCUT2D eigenvalue weighted by molar-refractivity contribution is 5.76. The highest BCUT2D eigenvalue weighted by Gasteiger charge is 2.20. The fraction of sp³-hybridized carbons (Fsp3) is 0.900. The summed E-state index contributed by atoms with van der Waals surface area (Å²) in [7, 11) is 0. The smallest absolute Gasteiger partial charge is 0.221 e. The molecule has 4 nitrogen and oxygen atoms in total. The molecule has 4 heteroatoms. The van der Waals surface area contributed by atoms with E-state index in [0.717, 1.165) is 6.54 Å². The Labute approximate surface area is 85.1 Å². The van der Waals surface area contributed by atoms with E-state index in [4.69, 9.17) is 0 Å². The van der Waals surface area contributed by atoms with E-state index in [-0.39, 0.29) is 5.91 Å². The summed E-state index contributed by atoms with van der Waals surface area (Å²) in [6, 6.07) is 0.650. The lowest BCUT2D eigenvalue weighted by atomic mass is 10.1. The number of aliphatic hydroxyl groups is 1. The van der Waals surface area contributed by atoms with Crippen LogP contribution in [0.4, 0.5) is 0 Å². The van der Waals surface area contributed by atoms with Gasteiger partial charge in [-0.15, -0.1) is 0 Å². The van der Waals surface area contributed by atoms with Crippen LogP contribution in [0.5, 0.6) is 0 Å². The van der Waals surface area contributed by atoms with Crippen molar-refractivity contribution in [1.29, 1.82) is 0 Å². The molecule has 0 aromatic carbocycles. The fourth-order valence-electron chi connectivity index (χ4n) is 1.08. The zero-order valence-electron chi connectivity index (χ0n) is 8.97. The second-order valence-corrected chi connectivity index (χ2v) is 4.57. The summed E-state index contributed by atoms with van der Waals surface area (Å²) in [5.74, 6) is 0.000255. The minimum absolute atomic E-state index is 0.000255. The fourth-order valence-corrected chi connectivity index (χ4v) is 1.08. The molecule has 1 saturated carbocycles. The highest BCUT2D eigenvalue weighted by atomic mass is 16.3. The van der Waals surface area contributed by atoms with E-state index in [9.17, 15) is 9.90 Å². The zero-order chi connectivity index (χ0) is 10.6. The second-order valence-electron chi connectivity index (χ2n) is 4.57. The predicted molar refractivity (Wildman–Crippen MR) is 54.9 cm³/mol. The minimum Gasteiger partial charge on any atom is -0.389 e. The molecule has 82 valence electrons. The van der Waals surface area contributed by atoms with Gasteiger partial charge in [0.2, 0.25) is 5.91 Å². The summed E-state index contributed by atoms with van der Waals surface area (Å²) in [4.78, 5) is 11.2. The third-order valence-electron chi connectivity index (χ3n) is 2.08. The van der Waals surface area contributed by atoms with Crippen molar-refractivity contribution in [2.45, 2.75) is 44.8 Å². The average Bonchev–Trinajstić information content (AvgIpc) is 2.83. The van der Waals surface area contributed by atoms with Gasteiger partial charge in [-0.1, -0.05) is 0 Å². The topological polar surface area (TPSA) is 61.4 Å². The van der Waals surface area contributed by atoms with Crippen molar-refractivity contribution in [3.63, 3.8) is 0 Å². The number of nitrogens with one attached hydrogen (secondary N) is 2. The first-order valence-electron chi connectivity index (χ1n) is 5.20. The molecule has 1 amide bonds. The standard InChI is InChI=1S/C10H20N2O2/c1-10(2,14)7-12-9(13)5-6-11-8-3-4-8/h8,11,14H,3-7H2,1-2H3,(H,12,13). The van der Waals surface area contributed by atoms with Crippen LogP contribution in [0.1, 0.15) is 33.1 Å². The van der Waals surface area contributed by atoms with E-state index < -0.39 is 5.60 Å². The van der Waals surface area contributed by atoms with Crippen LogP contribution in [0.3, 0.4) is 0 Å². The van der Waals surface area contributed by atoms with E-state index in [1.807, 2.05) is 0 Å². The average molecular weight is 200 g/mol. The Kier molecular flexibility index (Phi) is 3.89. The Morgan fingerprint density at radius 1 is 1.50 bits per heavy atom. The molecule has 3 N–H and O–H groups in total. The Hall–Kier alpha value is -0.610. The van der Waals surface area contributed by atoms with Gasteiger partial charge in [-0.25, -0.2) is 0 Å². The number of hydrogen-bond acceptors (Lipinski definition) is 3. The molecular weight excluding hydrogens is 180 g/mol. The molecule has 0 bridgehead atoms. The summed E-state index contributed by atoms with van der Waals surface area (Å²) < 4.78 is 0. The molecule has 0 aromatic rings. The SMILES string of the molecule is CC(C)(O)CNC(=O)CCNC1CC1. The Bertz CT molecular complexity index is 195. The summed E-state index contributed by atoms with van der Waals surface area (Å²) >= 11 is 0. The zero-order valence-corrected chi connectivity index (χ0v) is 8.97. The van der Waals surface area contributed by atoms with Gasteiger partial charge in [0.05, 0.1) is 5.60 Å². The van der Waals surface area contributed by atoms with Crippen molar-refractivity contribution in [3.8, 4) is 0 Å². The molecular formula is C10H20N2O2. The molecule has 0 unspecified atom stereocenters. The van der Waals surface area contributed by atoms with Crippen molar-refractivity contribution < 1.29 is 9.90 Å². The van der Waals surface area contributed by atoms with Gasteiger partial charge >= 0.3 is 0 Å².